The van der Waals surface area contributed by atoms with Gasteiger partial charge in [0.05, 0.1) is 18.6 Å². The van der Waals surface area contributed by atoms with E-state index in [4.69, 9.17) is 0 Å². The minimum absolute atomic E-state index is 0.0902. The van der Waals surface area contributed by atoms with Crippen molar-refractivity contribution in [3.05, 3.63) is 35.6 Å². The predicted molar refractivity (Wildman–Crippen MR) is 88.0 cm³/mol. The van der Waals surface area contributed by atoms with Crippen LogP contribution in [0.25, 0.3) is 0 Å². The Kier molecular flexibility index (Phi) is 5.34. The van der Waals surface area contributed by atoms with Gasteiger partial charge in [0, 0.05) is 31.5 Å². The average Bonchev–Trinajstić information content (AvgIpc) is 3.38. The summed E-state index contributed by atoms with van der Waals surface area (Å²) in [6.45, 7) is 0.567. The van der Waals surface area contributed by atoms with Crippen molar-refractivity contribution in [1.82, 2.24) is 10.2 Å². The van der Waals surface area contributed by atoms with E-state index < -0.39 is 24.4 Å². The number of rotatable bonds is 6. The van der Waals surface area contributed by atoms with Crippen molar-refractivity contribution in [1.29, 1.82) is 0 Å². The fourth-order valence-electron chi connectivity index (χ4n) is 3.21. The average molecular weight is 350 g/mol. The van der Waals surface area contributed by atoms with Crippen LogP contribution >= 0.6 is 0 Å². The van der Waals surface area contributed by atoms with Crippen LogP contribution in [0.15, 0.2) is 24.3 Å². The van der Waals surface area contributed by atoms with Gasteiger partial charge in [-0.2, -0.15) is 0 Å². The van der Waals surface area contributed by atoms with E-state index in [1.807, 2.05) is 0 Å². The van der Waals surface area contributed by atoms with E-state index >= 15 is 0 Å². The number of carbonyl (C=O) groups is 2. The first-order valence-corrected chi connectivity index (χ1v) is 8.60. The number of aliphatic hydroxyl groups excluding tert-OH is 2. The highest BCUT2D eigenvalue weighted by Crippen LogP contribution is 2.32. The number of hydrogen-bond donors (Lipinski definition) is 3. The van der Waals surface area contributed by atoms with Gasteiger partial charge in [0.2, 0.25) is 11.8 Å². The molecule has 0 aromatic heterocycles. The fourth-order valence-corrected chi connectivity index (χ4v) is 3.21. The molecule has 25 heavy (non-hydrogen) atoms. The smallest absolute Gasteiger partial charge is 0.229 e. The normalized spacial score (nSPS) is 24.2. The highest BCUT2D eigenvalue weighted by atomic mass is 19.1. The summed E-state index contributed by atoms with van der Waals surface area (Å²) in [5.41, 5.74) is 0.527. The second-order valence-electron chi connectivity index (χ2n) is 6.88. The number of carbonyl (C=O) groups excluding carboxylic acids is 2. The van der Waals surface area contributed by atoms with Crippen molar-refractivity contribution < 1.29 is 24.2 Å². The Balaban J connectivity index is 1.53. The molecule has 1 aliphatic carbocycles. The second-order valence-corrected chi connectivity index (χ2v) is 6.88. The van der Waals surface area contributed by atoms with E-state index in [2.05, 4.69) is 5.32 Å². The Morgan fingerprint density at radius 1 is 1.24 bits per heavy atom. The molecule has 1 aromatic rings. The van der Waals surface area contributed by atoms with E-state index in [0.29, 0.717) is 18.7 Å². The number of nitrogens with zero attached hydrogens (tertiary/aromatic N) is 1. The third-order valence-electron chi connectivity index (χ3n) is 4.95. The first-order chi connectivity index (χ1) is 12.0. The van der Waals surface area contributed by atoms with Crippen molar-refractivity contribution in [3.8, 4) is 0 Å². The molecule has 1 saturated heterocycles. The first kappa shape index (κ1) is 17.8. The van der Waals surface area contributed by atoms with E-state index in [1.54, 1.807) is 4.90 Å². The Labute approximate surface area is 145 Å². The maximum atomic E-state index is 13.0. The van der Waals surface area contributed by atoms with Gasteiger partial charge in [-0.1, -0.05) is 12.1 Å². The van der Waals surface area contributed by atoms with Gasteiger partial charge in [-0.3, -0.25) is 9.59 Å². The molecule has 0 spiro atoms. The lowest BCUT2D eigenvalue weighted by molar-refractivity contribution is -0.131. The number of benzene rings is 1. The zero-order valence-electron chi connectivity index (χ0n) is 13.9. The summed E-state index contributed by atoms with van der Waals surface area (Å²) in [4.78, 5) is 26.1. The van der Waals surface area contributed by atoms with E-state index in [-0.39, 0.29) is 30.2 Å². The van der Waals surface area contributed by atoms with E-state index in [9.17, 15) is 24.2 Å². The van der Waals surface area contributed by atoms with E-state index in [1.165, 1.54) is 24.3 Å². The SMILES string of the molecule is O=C(NC[C@@H]1CN(C(=O)C2CC2)C[C@@H]1O)C(CO)c1ccc(F)cc1. The third kappa shape index (κ3) is 4.16. The molecule has 3 rings (SSSR count). The van der Waals surface area contributed by atoms with Gasteiger partial charge in [-0.05, 0) is 30.5 Å². The molecule has 1 saturated carbocycles. The summed E-state index contributed by atoms with van der Waals surface area (Å²) < 4.78 is 13.0. The van der Waals surface area contributed by atoms with Crippen LogP contribution in [0.4, 0.5) is 4.39 Å². The number of hydrogen-bond acceptors (Lipinski definition) is 4. The molecule has 2 amide bonds. The van der Waals surface area contributed by atoms with Gasteiger partial charge in [-0.25, -0.2) is 4.39 Å². The van der Waals surface area contributed by atoms with Crippen LogP contribution in [0.2, 0.25) is 0 Å². The molecule has 3 atom stereocenters. The van der Waals surface area contributed by atoms with Gasteiger partial charge in [0.15, 0.2) is 0 Å². The molecule has 3 N–H and O–H groups in total. The highest BCUT2D eigenvalue weighted by molar-refractivity contribution is 5.84. The molecule has 7 heteroatoms. The topological polar surface area (TPSA) is 89.9 Å². The maximum Gasteiger partial charge on any atom is 0.229 e. The number of β-amino-alcohol motifs (C(OH)–C–C–N with tert-alkyl or cyclic N) is 1. The summed E-state index contributed by atoms with van der Waals surface area (Å²) in [5, 5.41) is 22.4. The molecule has 1 aliphatic heterocycles. The van der Waals surface area contributed by atoms with Crippen molar-refractivity contribution >= 4 is 11.8 Å². The standard InChI is InChI=1S/C18H23FN2O4/c19-14-5-3-11(4-6-14)15(10-22)17(24)20-7-13-8-21(9-16(13)23)18(25)12-1-2-12/h3-6,12-13,15-16,22-23H,1-2,7-10H2,(H,20,24)/t13-,15?,16+/m1/s1. The summed E-state index contributed by atoms with van der Waals surface area (Å²) in [6, 6.07) is 5.42. The lowest BCUT2D eigenvalue weighted by Gasteiger charge is -2.19. The number of halogens is 1. The minimum Gasteiger partial charge on any atom is -0.395 e. The van der Waals surface area contributed by atoms with Gasteiger partial charge in [0.25, 0.3) is 0 Å². The van der Waals surface area contributed by atoms with Crippen LogP contribution in [0.1, 0.15) is 24.3 Å². The molecule has 1 unspecified atom stereocenters. The number of nitrogens with one attached hydrogen (secondary N) is 1. The monoisotopic (exact) mass is 350 g/mol. The van der Waals surface area contributed by atoms with Crippen LogP contribution in [-0.2, 0) is 9.59 Å². The molecule has 0 bridgehead atoms. The summed E-state index contributed by atoms with van der Waals surface area (Å²) in [5.74, 6) is -1.60. The van der Waals surface area contributed by atoms with Gasteiger partial charge in [-0.15, -0.1) is 0 Å². The summed E-state index contributed by atoms with van der Waals surface area (Å²) in [6.07, 6.45) is 1.17. The maximum absolute atomic E-state index is 13.0. The van der Waals surface area contributed by atoms with Crippen LogP contribution < -0.4 is 5.32 Å². The van der Waals surface area contributed by atoms with Crippen molar-refractivity contribution in [3.63, 3.8) is 0 Å². The Hall–Kier alpha value is -1.99. The highest BCUT2D eigenvalue weighted by Gasteiger charge is 2.40. The van der Waals surface area contributed by atoms with Crippen LogP contribution in [0.5, 0.6) is 0 Å². The van der Waals surface area contributed by atoms with Gasteiger partial charge < -0.3 is 20.4 Å². The molecule has 6 nitrogen and oxygen atoms in total. The van der Waals surface area contributed by atoms with Crippen molar-refractivity contribution in [2.24, 2.45) is 11.8 Å². The lowest BCUT2D eigenvalue weighted by atomic mass is 9.98. The zero-order chi connectivity index (χ0) is 18.0. The van der Waals surface area contributed by atoms with Crippen LogP contribution in [0, 0.1) is 17.7 Å². The lowest BCUT2D eigenvalue weighted by Crippen LogP contribution is -2.38. The predicted octanol–water partition coefficient (Wildman–Crippen LogP) is 0.247. The fraction of sp³-hybridized carbons (Fsp3) is 0.556. The molecular weight excluding hydrogens is 327 g/mol. The Morgan fingerprint density at radius 2 is 1.92 bits per heavy atom. The molecule has 1 heterocycles. The van der Waals surface area contributed by atoms with Gasteiger partial charge in [0.1, 0.15) is 5.82 Å². The molecule has 2 fully saturated rings. The molecule has 1 aromatic carbocycles. The molecule has 2 aliphatic rings. The molecule has 136 valence electrons. The first-order valence-electron chi connectivity index (χ1n) is 8.60. The quantitative estimate of drug-likeness (QED) is 0.686. The number of aliphatic hydroxyl groups is 2. The number of amides is 2. The van der Waals surface area contributed by atoms with Crippen LogP contribution in [0.3, 0.4) is 0 Å². The van der Waals surface area contributed by atoms with Crippen molar-refractivity contribution in [2.75, 3.05) is 26.2 Å². The minimum atomic E-state index is -0.789. The molecular formula is C18H23FN2O4. The van der Waals surface area contributed by atoms with Crippen LogP contribution in [-0.4, -0.2) is 59.3 Å². The largest absolute Gasteiger partial charge is 0.395 e. The van der Waals surface area contributed by atoms with E-state index in [0.717, 1.165) is 12.8 Å². The third-order valence-corrected chi connectivity index (χ3v) is 4.95. The zero-order valence-corrected chi connectivity index (χ0v) is 13.9. The second kappa shape index (κ2) is 7.49. The van der Waals surface area contributed by atoms with Gasteiger partial charge >= 0.3 is 0 Å². The summed E-state index contributed by atoms with van der Waals surface area (Å²) in [7, 11) is 0. The Bertz CT molecular complexity index is 632. The summed E-state index contributed by atoms with van der Waals surface area (Å²) >= 11 is 0. The number of likely N-dealkylation sites (tertiary alicyclic amines) is 1. The van der Waals surface area contributed by atoms with Crippen molar-refractivity contribution in [2.45, 2.75) is 24.9 Å². The Morgan fingerprint density at radius 3 is 2.52 bits per heavy atom. The molecule has 0 radical (unpaired) electrons.